The molecule has 0 spiro atoms. The summed E-state index contributed by atoms with van der Waals surface area (Å²) in [4.78, 5) is 28.7. The molecule has 7 nitrogen and oxygen atoms in total. The first kappa shape index (κ1) is 23.4. The van der Waals surface area contributed by atoms with Crippen molar-refractivity contribution >= 4 is 17.5 Å². The van der Waals surface area contributed by atoms with Crippen LogP contribution in [0.15, 0.2) is 42.9 Å². The molecule has 0 saturated carbocycles. The van der Waals surface area contributed by atoms with Gasteiger partial charge in [0, 0.05) is 11.8 Å². The standard InChI is InChI=1S/C21H19ClF3N5O2/c1-3-15(16-7-8-27-20(22)30-16)29-19(31)13-6-5-12(9-14(13)21(23,24)25)17-10-26-11-18(28-17)32-4-2/h5-11,15H,3-4H2,1-2H3,(H,29,31). The average Bonchev–Trinajstić information content (AvgIpc) is 2.76. The number of nitrogens with one attached hydrogen (secondary N) is 1. The molecule has 3 rings (SSSR count). The molecule has 0 saturated heterocycles. The van der Waals surface area contributed by atoms with Crippen LogP contribution in [0.25, 0.3) is 11.3 Å². The summed E-state index contributed by atoms with van der Waals surface area (Å²) < 4.78 is 46.7. The number of halogens is 4. The molecule has 0 radical (unpaired) electrons. The van der Waals surface area contributed by atoms with Crippen LogP contribution in [-0.2, 0) is 6.18 Å². The van der Waals surface area contributed by atoms with Gasteiger partial charge in [0.1, 0.15) is 0 Å². The van der Waals surface area contributed by atoms with Crippen LogP contribution in [0.2, 0.25) is 5.28 Å². The van der Waals surface area contributed by atoms with Gasteiger partial charge in [-0.05, 0) is 43.1 Å². The third-order valence-electron chi connectivity index (χ3n) is 4.49. The van der Waals surface area contributed by atoms with Crippen molar-refractivity contribution in [1.29, 1.82) is 0 Å². The molecule has 0 fully saturated rings. The quantitative estimate of drug-likeness (QED) is 0.500. The van der Waals surface area contributed by atoms with E-state index < -0.39 is 29.3 Å². The molecule has 1 aromatic carbocycles. The van der Waals surface area contributed by atoms with Crippen LogP contribution in [0.1, 0.15) is 47.9 Å². The van der Waals surface area contributed by atoms with Crippen LogP contribution in [-0.4, -0.2) is 32.4 Å². The van der Waals surface area contributed by atoms with E-state index in [4.69, 9.17) is 16.3 Å². The number of alkyl halides is 3. The van der Waals surface area contributed by atoms with E-state index in [0.29, 0.717) is 18.7 Å². The minimum absolute atomic E-state index is 0.0223. The second-order valence-electron chi connectivity index (χ2n) is 6.62. The van der Waals surface area contributed by atoms with Gasteiger partial charge in [0.25, 0.3) is 5.91 Å². The molecular weight excluding hydrogens is 447 g/mol. The van der Waals surface area contributed by atoms with Gasteiger partial charge in [-0.15, -0.1) is 0 Å². The SMILES string of the molecule is CCOc1cncc(-c2ccc(C(=O)NC(CC)c3ccnc(Cl)n3)c(C(F)(F)F)c2)n1. The van der Waals surface area contributed by atoms with Crippen LogP contribution in [0.4, 0.5) is 13.2 Å². The zero-order valence-corrected chi connectivity index (χ0v) is 17.9. The maximum atomic E-state index is 13.8. The smallest absolute Gasteiger partial charge is 0.417 e. The molecule has 0 aliphatic rings. The Bertz CT molecular complexity index is 1110. The van der Waals surface area contributed by atoms with Crippen molar-refractivity contribution in [3.05, 3.63) is 65.0 Å². The Kier molecular flexibility index (Phi) is 7.24. The van der Waals surface area contributed by atoms with E-state index in [2.05, 4.69) is 25.3 Å². The lowest BCUT2D eigenvalue weighted by Crippen LogP contribution is -2.30. The molecular formula is C21H19ClF3N5O2. The van der Waals surface area contributed by atoms with Gasteiger partial charge in [0.05, 0.1) is 47.6 Å². The number of hydrogen-bond acceptors (Lipinski definition) is 6. The Labute approximate surface area is 187 Å². The summed E-state index contributed by atoms with van der Waals surface area (Å²) in [6, 6.07) is 4.27. The van der Waals surface area contributed by atoms with E-state index in [1.54, 1.807) is 13.8 Å². The molecule has 11 heteroatoms. The van der Waals surface area contributed by atoms with Crippen LogP contribution < -0.4 is 10.1 Å². The van der Waals surface area contributed by atoms with E-state index in [0.717, 1.165) is 12.1 Å². The van der Waals surface area contributed by atoms with Crippen molar-refractivity contribution in [2.24, 2.45) is 0 Å². The Morgan fingerprint density at radius 1 is 1.19 bits per heavy atom. The van der Waals surface area contributed by atoms with Gasteiger partial charge in [0.15, 0.2) is 0 Å². The van der Waals surface area contributed by atoms with Crippen molar-refractivity contribution < 1.29 is 22.7 Å². The highest BCUT2D eigenvalue weighted by atomic mass is 35.5. The zero-order valence-electron chi connectivity index (χ0n) is 17.2. The minimum Gasteiger partial charge on any atom is -0.477 e. The molecule has 2 heterocycles. The lowest BCUT2D eigenvalue weighted by atomic mass is 10.0. The molecule has 1 amide bonds. The van der Waals surface area contributed by atoms with E-state index in [9.17, 15) is 18.0 Å². The average molecular weight is 466 g/mol. The number of carbonyl (C=O) groups is 1. The number of nitrogens with zero attached hydrogens (tertiary/aromatic N) is 4. The monoisotopic (exact) mass is 465 g/mol. The van der Waals surface area contributed by atoms with Crippen LogP contribution in [0, 0.1) is 0 Å². The van der Waals surface area contributed by atoms with Gasteiger partial charge in [-0.25, -0.2) is 15.0 Å². The second-order valence-corrected chi connectivity index (χ2v) is 6.96. The number of amides is 1. The topological polar surface area (TPSA) is 89.9 Å². The Morgan fingerprint density at radius 2 is 1.97 bits per heavy atom. The molecule has 32 heavy (non-hydrogen) atoms. The predicted molar refractivity (Wildman–Crippen MR) is 111 cm³/mol. The molecule has 2 aromatic heterocycles. The minimum atomic E-state index is -4.77. The van der Waals surface area contributed by atoms with Crippen molar-refractivity contribution in [2.45, 2.75) is 32.5 Å². The number of hydrogen-bond donors (Lipinski definition) is 1. The summed E-state index contributed by atoms with van der Waals surface area (Å²) in [5.74, 6) is -0.700. The highest BCUT2D eigenvalue weighted by molar-refractivity contribution is 6.28. The van der Waals surface area contributed by atoms with Crippen LogP contribution in [0.5, 0.6) is 5.88 Å². The maximum absolute atomic E-state index is 13.8. The zero-order chi connectivity index (χ0) is 23.3. The third kappa shape index (κ3) is 5.50. The van der Waals surface area contributed by atoms with Gasteiger partial charge in [-0.2, -0.15) is 13.2 Å². The molecule has 0 bridgehead atoms. The van der Waals surface area contributed by atoms with Crippen molar-refractivity contribution in [3.8, 4) is 17.1 Å². The third-order valence-corrected chi connectivity index (χ3v) is 4.67. The van der Waals surface area contributed by atoms with Gasteiger partial charge < -0.3 is 10.1 Å². The molecule has 0 aliphatic carbocycles. The first-order chi connectivity index (χ1) is 15.2. The lowest BCUT2D eigenvalue weighted by Gasteiger charge is -2.19. The lowest BCUT2D eigenvalue weighted by molar-refractivity contribution is -0.137. The highest BCUT2D eigenvalue weighted by Gasteiger charge is 2.36. The van der Waals surface area contributed by atoms with E-state index in [1.807, 2.05) is 0 Å². The summed E-state index contributed by atoms with van der Waals surface area (Å²) in [6.45, 7) is 3.85. The Balaban J connectivity index is 1.95. The molecule has 1 unspecified atom stereocenters. The second kappa shape index (κ2) is 9.90. The maximum Gasteiger partial charge on any atom is 0.417 e. The number of ether oxygens (including phenoxy) is 1. The van der Waals surface area contributed by atoms with Crippen molar-refractivity contribution in [3.63, 3.8) is 0 Å². The van der Waals surface area contributed by atoms with Gasteiger partial charge >= 0.3 is 6.18 Å². The van der Waals surface area contributed by atoms with Crippen molar-refractivity contribution in [2.75, 3.05) is 6.61 Å². The fourth-order valence-electron chi connectivity index (χ4n) is 3.00. The molecule has 1 N–H and O–H groups in total. The Morgan fingerprint density at radius 3 is 2.62 bits per heavy atom. The van der Waals surface area contributed by atoms with E-state index in [1.165, 1.54) is 30.7 Å². The van der Waals surface area contributed by atoms with Crippen LogP contribution >= 0.6 is 11.6 Å². The molecule has 0 aliphatic heterocycles. The van der Waals surface area contributed by atoms with E-state index >= 15 is 0 Å². The summed E-state index contributed by atoms with van der Waals surface area (Å²) in [6.07, 6.45) is -0.285. The molecule has 168 valence electrons. The van der Waals surface area contributed by atoms with Gasteiger partial charge in [-0.3, -0.25) is 9.78 Å². The van der Waals surface area contributed by atoms with Crippen LogP contribution in [0.3, 0.4) is 0 Å². The fraction of sp³-hybridized carbons (Fsp3) is 0.286. The number of rotatable bonds is 7. The summed E-state index contributed by atoms with van der Waals surface area (Å²) in [7, 11) is 0. The number of benzene rings is 1. The number of aromatic nitrogens is 4. The van der Waals surface area contributed by atoms with E-state index in [-0.39, 0.29) is 22.4 Å². The molecule has 1 atom stereocenters. The number of carbonyl (C=O) groups excluding carboxylic acids is 1. The summed E-state index contributed by atoms with van der Waals surface area (Å²) in [5.41, 5.74) is -0.873. The summed E-state index contributed by atoms with van der Waals surface area (Å²) >= 11 is 5.79. The first-order valence-corrected chi connectivity index (χ1v) is 10.1. The first-order valence-electron chi connectivity index (χ1n) is 9.68. The van der Waals surface area contributed by atoms with Gasteiger partial charge in [-0.1, -0.05) is 13.0 Å². The Hall–Kier alpha value is -3.27. The fourth-order valence-corrected chi connectivity index (χ4v) is 3.16. The highest BCUT2D eigenvalue weighted by Crippen LogP contribution is 2.35. The normalized spacial score (nSPS) is 12.3. The molecule has 3 aromatic rings. The largest absolute Gasteiger partial charge is 0.477 e. The predicted octanol–water partition coefficient (Wildman–Crippen LogP) is 4.89. The van der Waals surface area contributed by atoms with Crippen molar-refractivity contribution in [1.82, 2.24) is 25.3 Å². The summed E-state index contributed by atoms with van der Waals surface area (Å²) in [5, 5.41) is 2.57. The van der Waals surface area contributed by atoms with Gasteiger partial charge in [0.2, 0.25) is 11.2 Å².